The van der Waals surface area contributed by atoms with Crippen LogP contribution in [0.4, 0.5) is 17.6 Å². The van der Waals surface area contributed by atoms with Crippen molar-refractivity contribution in [3.8, 4) is 22.8 Å². The van der Waals surface area contributed by atoms with Gasteiger partial charge in [-0.3, -0.25) is 9.78 Å². The third-order valence-corrected chi connectivity index (χ3v) is 8.00. The molecular formula is C31H33Cl2F4N3O4. The van der Waals surface area contributed by atoms with Crippen molar-refractivity contribution in [2.24, 2.45) is 0 Å². The van der Waals surface area contributed by atoms with Gasteiger partial charge >= 0.3 is 6.18 Å². The summed E-state index contributed by atoms with van der Waals surface area (Å²) in [4.78, 5) is 17.4. The van der Waals surface area contributed by atoms with Crippen LogP contribution in [0.25, 0.3) is 11.3 Å². The summed E-state index contributed by atoms with van der Waals surface area (Å²) in [5, 5.41) is 15.7. The van der Waals surface area contributed by atoms with Crippen LogP contribution < -0.4 is 20.1 Å². The van der Waals surface area contributed by atoms with Crippen LogP contribution in [-0.4, -0.2) is 61.0 Å². The molecule has 3 N–H and O–H groups in total. The molecule has 1 fully saturated rings. The summed E-state index contributed by atoms with van der Waals surface area (Å²) in [6, 6.07) is 10.8. The number of hydrogen-bond donors (Lipinski definition) is 3. The van der Waals surface area contributed by atoms with Crippen LogP contribution in [0.5, 0.6) is 11.5 Å². The third kappa shape index (κ3) is 7.39. The summed E-state index contributed by atoms with van der Waals surface area (Å²) >= 11 is 11.8. The van der Waals surface area contributed by atoms with Crippen LogP contribution in [0.1, 0.15) is 48.3 Å². The fourth-order valence-corrected chi connectivity index (χ4v) is 4.84. The van der Waals surface area contributed by atoms with Crippen LogP contribution >= 0.6 is 23.2 Å². The van der Waals surface area contributed by atoms with E-state index in [0.717, 1.165) is 18.9 Å². The first-order chi connectivity index (χ1) is 20.7. The summed E-state index contributed by atoms with van der Waals surface area (Å²) in [6.07, 6.45) is -3.20. The third-order valence-electron chi connectivity index (χ3n) is 7.52. The predicted octanol–water partition coefficient (Wildman–Crippen LogP) is 6.38. The van der Waals surface area contributed by atoms with Gasteiger partial charge in [-0.1, -0.05) is 11.6 Å². The molecule has 0 spiro atoms. The minimum Gasteiger partial charge on any atom is -0.493 e. The van der Waals surface area contributed by atoms with Gasteiger partial charge in [-0.15, -0.1) is 11.6 Å². The van der Waals surface area contributed by atoms with Crippen LogP contribution in [0.2, 0.25) is 5.02 Å². The number of hydrogen-bond acceptors (Lipinski definition) is 6. The smallest absolute Gasteiger partial charge is 0.403 e. The topological polar surface area (TPSA) is 92.7 Å². The summed E-state index contributed by atoms with van der Waals surface area (Å²) < 4.78 is 70.0. The molecule has 1 aliphatic rings. The van der Waals surface area contributed by atoms with E-state index >= 15 is 13.2 Å². The van der Waals surface area contributed by atoms with Crippen molar-refractivity contribution in [1.29, 1.82) is 0 Å². The van der Waals surface area contributed by atoms with Crippen molar-refractivity contribution in [2.45, 2.75) is 49.9 Å². The van der Waals surface area contributed by atoms with Crippen LogP contribution in [-0.2, 0) is 11.0 Å². The van der Waals surface area contributed by atoms with Gasteiger partial charge in [-0.2, -0.15) is 13.2 Å². The van der Waals surface area contributed by atoms with Gasteiger partial charge in [-0.05, 0) is 80.8 Å². The number of amides is 1. The number of nitrogens with one attached hydrogen (secondary N) is 2. The predicted molar refractivity (Wildman–Crippen MR) is 160 cm³/mol. The lowest BCUT2D eigenvalue weighted by Gasteiger charge is -2.35. The Morgan fingerprint density at radius 1 is 1.09 bits per heavy atom. The minimum atomic E-state index is -5.06. The maximum Gasteiger partial charge on any atom is 0.403 e. The van der Waals surface area contributed by atoms with Gasteiger partial charge in [0.25, 0.3) is 5.91 Å². The quantitative estimate of drug-likeness (QED) is 0.146. The van der Waals surface area contributed by atoms with Gasteiger partial charge in [0.2, 0.25) is 0 Å². The van der Waals surface area contributed by atoms with Crippen molar-refractivity contribution < 1.29 is 36.9 Å². The average molecular weight is 659 g/mol. The second kappa shape index (κ2) is 13.5. The highest BCUT2D eigenvalue weighted by atomic mass is 35.5. The molecule has 0 radical (unpaired) electrons. The molecular weight excluding hydrogens is 625 g/mol. The number of benzene rings is 2. The molecule has 0 aliphatic heterocycles. The van der Waals surface area contributed by atoms with E-state index in [-0.39, 0.29) is 39.6 Å². The molecule has 1 atom stereocenters. The first kappa shape index (κ1) is 33.8. The Labute approximate surface area is 262 Å². The second-order valence-electron chi connectivity index (χ2n) is 11.1. The maximum atomic E-state index is 15.0. The number of methoxy groups -OCH3 is 1. The van der Waals surface area contributed by atoms with Gasteiger partial charge in [0.15, 0.2) is 11.5 Å². The number of aliphatic hydroxyl groups is 1. The Hall–Kier alpha value is -3.12. The van der Waals surface area contributed by atoms with Gasteiger partial charge in [0.1, 0.15) is 11.2 Å². The van der Waals surface area contributed by atoms with E-state index < -0.39 is 47.7 Å². The largest absolute Gasteiger partial charge is 0.493 e. The fourth-order valence-electron chi connectivity index (χ4n) is 4.57. The van der Waals surface area contributed by atoms with E-state index in [1.165, 1.54) is 43.5 Å². The number of halogens is 6. The van der Waals surface area contributed by atoms with Crippen LogP contribution in [0.15, 0.2) is 48.5 Å². The van der Waals surface area contributed by atoms with Gasteiger partial charge in [-0.25, -0.2) is 4.39 Å². The van der Waals surface area contributed by atoms with E-state index in [1.807, 2.05) is 0 Å². The van der Waals surface area contributed by atoms with Gasteiger partial charge in [0.05, 0.1) is 36.2 Å². The lowest BCUT2D eigenvalue weighted by Crippen LogP contribution is -2.54. The van der Waals surface area contributed by atoms with Crippen molar-refractivity contribution in [3.63, 3.8) is 0 Å². The van der Waals surface area contributed by atoms with Crippen LogP contribution in [0, 0.1) is 5.82 Å². The molecule has 13 heteroatoms. The fraction of sp³-hybridized carbons (Fsp3) is 0.419. The van der Waals surface area contributed by atoms with Gasteiger partial charge in [0, 0.05) is 35.6 Å². The molecule has 3 aromatic rings. The van der Waals surface area contributed by atoms with E-state index in [9.17, 15) is 14.3 Å². The SMILES string of the molecule is COc1cc(C(=O)NCC(CO)(c2cc(C(C)(C)NCCCl)cc(-c3ccc(F)c(Cl)c3)n2)C(F)(F)F)ccc1OC1CC1. The van der Waals surface area contributed by atoms with E-state index in [2.05, 4.69) is 15.6 Å². The summed E-state index contributed by atoms with van der Waals surface area (Å²) in [5.41, 5.74) is -3.73. The second-order valence-corrected chi connectivity index (χ2v) is 11.9. The molecule has 1 aromatic heterocycles. The number of alkyl halides is 4. The highest BCUT2D eigenvalue weighted by Crippen LogP contribution is 2.42. The first-order valence-electron chi connectivity index (χ1n) is 13.8. The number of ether oxygens (including phenoxy) is 2. The molecule has 1 heterocycles. The zero-order valence-electron chi connectivity index (χ0n) is 24.3. The monoisotopic (exact) mass is 657 g/mol. The molecule has 0 bridgehead atoms. The molecule has 4 rings (SSSR count). The highest BCUT2D eigenvalue weighted by Gasteiger charge is 2.57. The molecule has 1 aliphatic carbocycles. The molecule has 238 valence electrons. The number of carbonyl (C=O) groups excluding carboxylic acids is 1. The minimum absolute atomic E-state index is 0.0359. The maximum absolute atomic E-state index is 15.0. The number of carbonyl (C=O) groups is 1. The first-order valence-corrected chi connectivity index (χ1v) is 14.8. The van der Waals surface area contributed by atoms with E-state index in [0.29, 0.717) is 17.9 Å². The molecule has 7 nitrogen and oxygen atoms in total. The van der Waals surface area contributed by atoms with Crippen molar-refractivity contribution >= 4 is 29.1 Å². The zero-order valence-corrected chi connectivity index (χ0v) is 25.8. The number of aliphatic hydroxyl groups excluding tert-OH is 1. The lowest BCUT2D eigenvalue weighted by molar-refractivity contribution is -0.200. The summed E-state index contributed by atoms with van der Waals surface area (Å²) in [7, 11) is 1.39. The van der Waals surface area contributed by atoms with Crippen LogP contribution in [0.3, 0.4) is 0 Å². The molecule has 1 saturated carbocycles. The number of aromatic nitrogens is 1. The highest BCUT2D eigenvalue weighted by molar-refractivity contribution is 6.31. The summed E-state index contributed by atoms with van der Waals surface area (Å²) in [6.45, 7) is 1.38. The Morgan fingerprint density at radius 2 is 1.82 bits per heavy atom. The summed E-state index contributed by atoms with van der Waals surface area (Å²) in [5.74, 6) is -0.601. The Balaban J connectivity index is 1.76. The number of nitrogens with zero attached hydrogens (tertiary/aromatic N) is 1. The lowest BCUT2D eigenvalue weighted by atomic mass is 9.81. The number of rotatable bonds is 13. The Kier molecular flexibility index (Phi) is 10.3. The van der Waals surface area contributed by atoms with Crippen molar-refractivity contribution in [1.82, 2.24) is 15.6 Å². The van der Waals surface area contributed by atoms with Crippen molar-refractivity contribution in [3.05, 3.63) is 76.2 Å². The Bertz CT molecular complexity index is 1500. The normalized spacial score (nSPS) is 15.0. The Morgan fingerprint density at radius 3 is 2.41 bits per heavy atom. The standard InChI is InChI=1S/C31H33Cl2F4N3O4/c1-29(2,39-11-10-32)20-14-24(18-4-8-23(34)22(33)12-18)40-27(15-20)30(17-41,31(35,36)37)16-38-28(42)19-5-9-25(26(13-19)43-3)44-21-6-7-21/h4-5,8-9,12-15,21,39,41H,6-7,10-11,16-17H2,1-3H3,(H,38,42). The molecule has 1 amide bonds. The molecule has 1 unspecified atom stereocenters. The molecule has 2 aromatic carbocycles. The average Bonchev–Trinajstić information content (AvgIpc) is 3.81. The molecule has 0 saturated heterocycles. The van der Waals surface area contributed by atoms with E-state index in [4.69, 9.17) is 32.7 Å². The number of pyridine rings is 1. The van der Waals surface area contributed by atoms with Crippen molar-refractivity contribution in [2.75, 3.05) is 32.7 Å². The molecule has 44 heavy (non-hydrogen) atoms. The zero-order chi connectivity index (χ0) is 32.3. The van der Waals surface area contributed by atoms with Gasteiger partial charge < -0.3 is 25.2 Å². The van der Waals surface area contributed by atoms with E-state index in [1.54, 1.807) is 19.9 Å².